The largest absolute Gasteiger partial charge is 0.465 e. The van der Waals surface area contributed by atoms with E-state index in [1.54, 1.807) is 0 Å². The molecule has 1 aliphatic rings. The van der Waals surface area contributed by atoms with Crippen molar-refractivity contribution < 1.29 is 9.53 Å². The van der Waals surface area contributed by atoms with Gasteiger partial charge in [-0.05, 0) is 46.7 Å². The molecule has 0 aromatic heterocycles. The van der Waals surface area contributed by atoms with Gasteiger partial charge in [0, 0.05) is 12.6 Å². The second-order valence-corrected chi connectivity index (χ2v) is 6.46. The minimum Gasteiger partial charge on any atom is -0.465 e. The smallest absolute Gasteiger partial charge is 0.326 e. The number of hydrogen-bond donors (Lipinski definition) is 1. The van der Waals surface area contributed by atoms with E-state index >= 15 is 0 Å². The highest BCUT2D eigenvalue weighted by Crippen LogP contribution is 2.22. The third-order valence-electron chi connectivity index (χ3n) is 4.71. The number of nitrogens with zero attached hydrogens (tertiary/aromatic N) is 1. The van der Waals surface area contributed by atoms with Crippen molar-refractivity contribution in [1.29, 1.82) is 0 Å². The van der Waals surface area contributed by atoms with E-state index in [1.807, 2.05) is 20.8 Å². The number of nitrogens with one attached hydrogen (secondary N) is 1. The van der Waals surface area contributed by atoms with E-state index in [-0.39, 0.29) is 5.97 Å². The van der Waals surface area contributed by atoms with Crippen LogP contribution in [-0.4, -0.2) is 49.2 Å². The molecule has 124 valence electrons. The normalized spacial score (nSPS) is 20.0. The van der Waals surface area contributed by atoms with E-state index in [0.29, 0.717) is 12.6 Å². The molecule has 1 saturated carbocycles. The molecule has 1 aliphatic carbocycles. The second kappa shape index (κ2) is 9.42. The molecular formula is C17H34N2O2. The molecule has 0 radical (unpaired) electrons. The van der Waals surface area contributed by atoms with Crippen LogP contribution >= 0.6 is 0 Å². The maximum atomic E-state index is 12.2. The first-order valence-electron chi connectivity index (χ1n) is 8.66. The summed E-state index contributed by atoms with van der Waals surface area (Å²) in [5.74, 6) is -0.124. The van der Waals surface area contributed by atoms with Crippen molar-refractivity contribution in [2.45, 2.75) is 77.3 Å². The van der Waals surface area contributed by atoms with Crippen molar-refractivity contribution in [2.24, 2.45) is 0 Å². The molecule has 0 aliphatic heterocycles. The van der Waals surface area contributed by atoms with Gasteiger partial charge in [0.05, 0.1) is 6.61 Å². The highest BCUT2D eigenvalue weighted by atomic mass is 16.5. The number of esters is 1. The van der Waals surface area contributed by atoms with Crippen LogP contribution in [0.3, 0.4) is 0 Å². The quantitative estimate of drug-likeness (QED) is 0.552. The first-order valence-corrected chi connectivity index (χ1v) is 8.66. The molecule has 4 nitrogen and oxygen atoms in total. The molecule has 0 heterocycles. The third kappa shape index (κ3) is 5.95. The Hall–Kier alpha value is -0.610. The first kappa shape index (κ1) is 18.4. The molecule has 1 rings (SSSR count). The molecule has 1 atom stereocenters. The Balaban J connectivity index is 2.52. The lowest BCUT2D eigenvalue weighted by Crippen LogP contribution is -2.52. The zero-order valence-electron chi connectivity index (χ0n) is 14.4. The average Bonchev–Trinajstić information content (AvgIpc) is 2.74. The van der Waals surface area contributed by atoms with Crippen molar-refractivity contribution in [2.75, 3.05) is 26.7 Å². The van der Waals surface area contributed by atoms with Gasteiger partial charge in [0.25, 0.3) is 0 Å². The minimum atomic E-state index is -0.566. The summed E-state index contributed by atoms with van der Waals surface area (Å²) in [6, 6.07) is 0.681. The van der Waals surface area contributed by atoms with E-state index in [2.05, 4.69) is 17.3 Å². The van der Waals surface area contributed by atoms with Gasteiger partial charge in [-0.15, -0.1) is 0 Å². The van der Waals surface area contributed by atoms with Gasteiger partial charge in [-0.2, -0.15) is 0 Å². The van der Waals surface area contributed by atoms with E-state index in [9.17, 15) is 4.79 Å². The number of carbonyl (C=O) groups is 1. The van der Waals surface area contributed by atoms with Gasteiger partial charge >= 0.3 is 5.97 Å². The molecule has 0 aromatic carbocycles. The number of rotatable bonds is 8. The maximum Gasteiger partial charge on any atom is 0.326 e. The summed E-state index contributed by atoms with van der Waals surface area (Å²) in [7, 11) is 2.20. The van der Waals surface area contributed by atoms with E-state index in [1.165, 1.54) is 38.5 Å². The summed E-state index contributed by atoms with van der Waals surface area (Å²) in [5.41, 5.74) is -0.566. The lowest BCUT2D eigenvalue weighted by molar-refractivity contribution is -0.151. The van der Waals surface area contributed by atoms with Crippen molar-refractivity contribution in [3.8, 4) is 0 Å². The lowest BCUT2D eigenvalue weighted by Gasteiger charge is -2.33. The van der Waals surface area contributed by atoms with Gasteiger partial charge in [0.15, 0.2) is 0 Å². The fraction of sp³-hybridized carbons (Fsp3) is 0.941. The van der Waals surface area contributed by atoms with Gasteiger partial charge < -0.3 is 15.0 Å². The Bertz CT molecular complexity index is 301. The summed E-state index contributed by atoms with van der Waals surface area (Å²) >= 11 is 0. The van der Waals surface area contributed by atoms with Crippen LogP contribution in [0, 0.1) is 0 Å². The van der Waals surface area contributed by atoms with Gasteiger partial charge in [-0.25, -0.2) is 0 Å². The lowest BCUT2D eigenvalue weighted by atomic mass is 9.96. The van der Waals surface area contributed by atoms with Gasteiger partial charge in [-0.3, -0.25) is 4.79 Å². The highest BCUT2D eigenvalue weighted by molar-refractivity contribution is 5.80. The fourth-order valence-corrected chi connectivity index (χ4v) is 3.22. The van der Waals surface area contributed by atoms with Crippen molar-refractivity contribution >= 4 is 5.97 Å². The van der Waals surface area contributed by atoms with E-state index in [0.717, 1.165) is 19.5 Å². The highest BCUT2D eigenvalue weighted by Gasteiger charge is 2.34. The molecule has 4 heteroatoms. The van der Waals surface area contributed by atoms with Gasteiger partial charge in [0.2, 0.25) is 0 Å². The van der Waals surface area contributed by atoms with Gasteiger partial charge in [-0.1, -0.05) is 32.6 Å². The third-order valence-corrected chi connectivity index (χ3v) is 4.71. The molecule has 0 aromatic rings. The van der Waals surface area contributed by atoms with E-state index < -0.39 is 5.54 Å². The topological polar surface area (TPSA) is 41.6 Å². The van der Waals surface area contributed by atoms with Crippen LogP contribution in [0.25, 0.3) is 0 Å². The summed E-state index contributed by atoms with van der Waals surface area (Å²) in [6.45, 7) is 8.03. The molecule has 1 N–H and O–H groups in total. The Morgan fingerprint density at radius 3 is 2.38 bits per heavy atom. The molecule has 0 amide bonds. The number of ether oxygens (including phenoxy) is 1. The second-order valence-electron chi connectivity index (χ2n) is 6.46. The molecule has 1 unspecified atom stereocenters. The van der Waals surface area contributed by atoms with Crippen LogP contribution in [0.2, 0.25) is 0 Å². The molecule has 1 fully saturated rings. The maximum absolute atomic E-state index is 12.2. The van der Waals surface area contributed by atoms with Crippen molar-refractivity contribution in [1.82, 2.24) is 10.2 Å². The number of hydrogen-bond acceptors (Lipinski definition) is 4. The summed E-state index contributed by atoms with van der Waals surface area (Å²) < 4.78 is 5.24. The monoisotopic (exact) mass is 298 g/mol. The molecule has 0 saturated heterocycles. The Kier molecular flexibility index (Phi) is 8.27. The zero-order valence-corrected chi connectivity index (χ0v) is 14.4. The summed E-state index contributed by atoms with van der Waals surface area (Å²) in [4.78, 5) is 14.6. The Morgan fingerprint density at radius 2 is 1.86 bits per heavy atom. The van der Waals surface area contributed by atoms with Crippen LogP contribution in [0.1, 0.15) is 65.7 Å². The van der Waals surface area contributed by atoms with Gasteiger partial charge in [0.1, 0.15) is 5.54 Å². The summed E-state index contributed by atoms with van der Waals surface area (Å²) in [5, 5.41) is 3.31. The zero-order chi connectivity index (χ0) is 15.7. The van der Waals surface area contributed by atoms with Crippen LogP contribution < -0.4 is 5.32 Å². The standard InChI is InChI=1S/C17H34N2O2/c1-5-18-17(3,16(20)21-6-2)13-14-19(4)15-11-9-7-8-10-12-15/h15,18H,5-14H2,1-4H3. The molecule has 0 bridgehead atoms. The van der Waals surface area contributed by atoms with Crippen LogP contribution in [-0.2, 0) is 9.53 Å². The molecule has 21 heavy (non-hydrogen) atoms. The van der Waals surface area contributed by atoms with Crippen LogP contribution in [0.4, 0.5) is 0 Å². The van der Waals surface area contributed by atoms with E-state index in [4.69, 9.17) is 4.74 Å². The molecular weight excluding hydrogens is 264 g/mol. The van der Waals surface area contributed by atoms with Crippen LogP contribution in [0.15, 0.2) is 0 Å². The predicted molar refractivity (Wildman–Crippen MR) is 87.5 cm³/mol. The number of likely N-dealkylation sites (N-methyl/N-ethyl adjacent to an activating group) is 1. The SMILES string of the molecule is CCNC(C)(CCN(C)C1CCCCCC1)C(=O)OCC. The number of carbonyl (C=O) groups excluding carboxylic acids is 1. The first-order chi connectivity index (χ1) is 10.0. The molecule has 0 spiro atoms. The average molecular weight is 298 g/mol. The minimum absolute atomic E-state index is 0.124. The predicted octanol–water partition coefficient (Wildman–Crippen LogP) is 2.96. The Morgan fingerprint density at radius 1 is 1.24 bits per heavy atom. The van der Waals surface area contributed by atoms with Crippen molar-refractivity contribution in [3.63, 3.8) is 0 Å². The fourth-order valence-electron chi connectivity index (χ4n) is 3.22. The summed E-state index contributed by atoms with van der Waals surface area (Å²) in [6.07, 6.45) is 8.84. The van der Waals surface area contributed by atoms with Crippen LogP contribution in [0.5, 0.6) is 0 Å². The Labute approximate surface area is 130 Å². The van der Waals surface area contributed by atoms with Crippen molar-refractivity contribution in [3.05, 3.63) is 0 Å².